The molecule has 0 unspecified atom stereocenters. The highest BCUT2D eigenvalue weighted by atomic mass is 16.6. The van der Waals surface area contributed by atoms with Crippen LogP contribution in [0.2, 0.25) is 0 Å². The van der Waals surface area contributed by atoms with Gasteiger partial charge in [-0.1, -0.05) is 334 Å². The van der Waals surface area contributed by atoms with Crippen LogP contribution in [0.1, 0.15) is 86.9 Å². The number of hydrogen-bond acceptors (Lipinski definition) is 15. The Kier molecular flexibility index (Phi) is 31.7. The van der Waals surface area contributed by atoms with Gasteiger partial charge in [0, 0.05) is 25.2 Å². The zero-order valence-electron chi connectivity index (χ0n) is 67.4. The molecule has 4 heterocycles. The molecule has 0 N–H and O–H groups in total. The smallest absolute Gasteiger partial charge is 0.150 e. The molecule has 1 saturated heterocycles. The standard InChI is InChI=1S/C104H108O15/c1-12-34-77(35-13-1)63-105-74-97-101(112-70-84-48-26-8-27-49-84)93(108-66-80-40-18-4-19-41-80)59-88(116-97)56-57-92-91(58-89-60-94(109-67-81-42-20-5-21-43-81)102(113-71-85-50-28-9-29-51-85)98(117-89)75-106-64-78-36-14-2-15-37-78)100(111-69-83-46-24-7-25-47-83)104(115-73-87-54-32-11-33-55-87)96(119-92)62-90-61-95(110-68-82-44-22-6-23-45-82)103(114-72-86-52-30-10-31-53-86)99(118-90)76-107-65-79-38-16-3-17-39-79/h1-55,59-61,91-104H,56-58,62-76H2/t91-,92+,93+,94+,95+,96+,97+,98+,99+,100-,101-,102-,103-,104-/m0/s1. The monoisotopic (exact) mass is 1600 g/mol. The first-order valence-electron chi connectivity index (χ1n) is 41.8. The quantitative estimate of drug-likeness (QED) is 0.0358. The van der Waals surface area contributed by atoms with Crippen LogP contribution in [-0.4, -0.2) is 99.2 Å². The Morgan fingerprint density at radius 3 is 0.714 bits per heavy atom. The molecule has 15 nitrogen and oxygen atoms in total. The molecule has 119 heavy (non-hydrogen) atoms. The third-order valence-corrected chi connectivity index (χ3v) is 21.9. The predicted molar refractivity (Wildman–Crippen MR) is 458 cm³/mol. The summed E-state index contributed by atoms with van der Waals surface area (Å²) in [6, 6.07) is 113. The summed E-state index contributed by atoms with van der Waals surface area (Å²) in [4.78, 5) is 0. The number of hydrogen-bond donors (Lipinski definition) is 0. The average Bonchev–Trinajstić information content (AvgIpc) is 0.770. The van der Waals surface area contributed by atoms with Crippen LogP contribution in [0.15, 0.2) is 369 Å². The molecular weight excluding hydrogens is 1490 g/mol. The highest BCUT2D eigenvalue weighted by molar-refractivity contribution is 5.25. The summed E-state index contributed by atoms with van der Waals surface area (Å²) >= 11 is 0. The van der Waals surface area contributed by atoms with E-state index in [-0.39, 0.29) is 39.5 Å². The highest BCUT2D eigenvalue weighted by Gasteiger charge is 2.51. The van der Waals surface area contributed by atoms with Gasteiger partial charge in [0.05, 0.1) is 128 Å². The molecule has 0 amide bonds. The van der Waals surface area contributed by atoms with E-state index in [0.717, 1.165) is 61.2 Å². The molecule has 0 aromatic heterocycles. The van der Waals surface area contributed by atoms with Gasteiger partial charge in [-0.15, -0.1) is 0 Å². The summed E-state index contributed by atoms with van der Waals surface area (Å²) in [7, 11) is 0. The maximum atomic E-state index is 8.10. The minimum absolute atomic E-state index is 0.188. The van der Waals surface area contributed by atoms with Crippen molar-refractivity contribution in [1.29, 1.82) is 0 Å². The Bertz CT molecular complexity index is 4770. The number of benzene rings is 11. The molecule has 0 spiro atoms. The van der Waals surface area contributed by atoms with Crippen LogP contribution in [-0.2, 0) is 144 Å². The fraction of sp³-hybridized carbons (Fsp3) is 0.308. The molecule has 1 fully saturated rings. The molecule has 614 valence electrons. The zero-order chi connectivity index (χ0) is 80.5. The van der Waals surface area contributed by atoms with Crippen LogP contribution in [0.4, 0.5) is 0 Å². The molecule has 0 aliphatic carbocycles. The summed E-state index contributed by atoms with van der Waals surface area (Å²) in [5, 5.41) is 0. The molecule has 4 aliphatic rings. The summed E-state index contributed by atoms with van der Waals surface area (Å²) in [6.45, 7) is 4.07. The van der Waals surface area contributed by atoms with Gasteiger partial charge in [-0.2, -0.15) is 0 Å². The van der Waals surface area contributed by atoms with Crippen LogP contribution in [0, 0.1) is 5.92 Å². The lowest BCUT2D eigenvalue weighted by Gasteiger charge is -2.48. The molecular formula is C104H108O15. The van der Waals surface area contributed by atoms with Crippen LogP contribution in [0.25, 0.3) is 0 Å². The van der Waals surface area contributed by atoms with Crippen LogP contribution in [0.5, 0.6) is 0 Å². The molecule has 0 saturated carbocycles. The lowest BCUT2D eigenvalue weighted by molar-refractivity contribution is -0.241. The molecule has 0 bridgehead atoms. The minimum Gasteiger partial charge on any atom is -0.490 e. The van der Waals surface area contributed by atoms with Gasteiger partial charge in [0.15, 0.2) is 18.3 Å². The Morgan fingerprint density at radius 1 is 0.202 bits per heavy atom. The largest absolute Gasteiger partial charge is 0.490 e. The maximum Gasteiger partial charge on any atom is 0.150 e. The van der Waals surface area contributed by atoms with Gasteiger partial charge in [0.2, 0.25) is 0 Å². The van der Waals surface area contributed by atoms with E-state index in [1.807, 2.05) is 200 Å². The fourth-order valence-corrected chi connectivity index (χ4v) is 15.8. The van der Waals surface area contributed by atoms with Gasteiger partial charge in [-0.05, 0) is 85.8 Å². The van der Waals surface area contributed by atoms with Gasteiger partial charge in [0.25, 0.3) is 0 Å². The van der Waals surface area contributed by atoms with Crippen LogP contribution < -0.4 is 0 Å². The summed E-state index contributed by atoms with van der Waals surface area (Å²) < 4.78 is 108. The molecule has 0 radical (unpaired) electrons. The number of ether oxygens (including phenoxy) is 15. The maximum absolute atomic E-state index is 8.10. The van der Waals surface area contributed by atoms with E-state index < -0.39 is 85.3 Å². The third kappa shape index (κ3) is 25.6. The molecule has 14 atom stereocenters. The first-order chi connectivity index (χ1) is 59.0. The van der Waals surface area contributed by atoms with Crippen LogP contribution >= 0.6 is 0 Å². The van der Waals surface area contributed by atoms with Crippen molar-refractivity contribution in [3.8, 4) is 0 Å². The van der Waals surface area contributed by atoms with Gasteiger partial charge in [0.1, 0.15) is 42.7 Å². The molecule has 11 aromatic rings. The van der Waals surface area contributed by atoms with Crippen molar-refractivity contribution in [2.75, 3.05) is 19.8 Å². The van der Waals surface area contributed by atoms with E-state index in [0.29, 0.717) is 96.0 Å². The van der Waals surface area contributed by atoms with Crippen molar-refractivity contribution < 1.29 is 71.1 Å². The van der Waals surface area contributed by atoms with Gasteiger partial charge < -0.3 is 71.1 Å². The van der Waals surface area contributed by atoms with E-state index in [4.69, 9.17) is 71.1 Å². The second kappa shape index (κ2) is 45.1. The number of rotatable bonds is 43. The van der Waals surface area contributed by atoms with Crippen molar-refractivity contribution in [2.24, 2.45) is 5.92 Å². The topological polar surface area (TPSA) is 138 Å². The Labute approximate surface area is 700 Å². The van der Waals surface area contributed by atoms with Gasteiger partial charge >= 0.3 is 0 Å². The normalized spacial score (nSPS) is 22.9. The fourth-order valence-electron chi connectivity index (χ4n) is 15.8. The van der Waals surface area contributed by atoms with E-state index in [1.165, 1.54) is 0 Å². The SMILES string of the molecule is C1=C(CC[C@H]2O[C@H](CC3=C[C@@H](OCc4ccccc4)[C@H](OCc4ccccc4)[C@@H](COCc4ccccc4)O3)[C@H](OCc3ccccc3)[C@@H](OCc3ccccc3)[C@H]2CC2=C[C@@H](OCc3ccccc3)[C@H](OCc3ccccc3)[C@@H](COCc3ccccc3)O2)O[C@H](COCc2ccccc2)[C@@H](OCc2ccccc2)[C@@H]1OCc1ccccc1. The third-order valence-electron chi connectivity index (χ3n) is 21.9. The van der Waals surface area contributed by atoms with E-state index >= 15 is 0 Å². The Balaban J connectivity index is 0.838. The first-order valence-corrected chi connectivity index (χ1v) is 41.8. The molecule has 11 aromatic carbocycles. The Morgan fingerprint density at radius 2 is 0.429 bits per heavy atom. The van der Waals surface area contributed by atoms with Crippen molar-refractivity contribution in [3.63, 3.8) is 0 Å². The molecule has 4 aliphatic heterocycles. The molecule has 15 heteroatoms. The highest BCUT2D eigenvalue weighted by Crippen LogP contribution is 2.44. The minimum atomic E-state index is -0.746. The van der Waals surface area contributed by atoms with Gasteiger partial charge in [-0.3, -0.25) is 0 Å². The van der Waals surface area contributed by atoms with Crippen LogP contribution in [0.3, 0.4) is 0 Å². The Hall–Kier alpha value is -10.4. The van der Waals surface area contributed by atoms with E-state index in [9.17, 15) is 0 Å². The van der Waals surface area contributed by atoms with E-state index in [2.05, 4.69) is 152 Å². The number of allylic oxidation sites excluding steroid dienone is 2. The van der Waals surface area contributed by atoms with Crippen molar-refractivity contribution in [3.05, 3.63) is 430 Å². The lowest BCUT2D eigenvalue weighted by Crippen LogP contribution is -2.57. The van der Waals surface area contributed by atoms with Crippen molar-refractivity contribution in [1.82, 2.24) is 0 Å². The predicted octanol–water partition coefficient (Wildman–Crippen LogP) is 20.1. The van der Waals surface area contributed by atoms with Crippen molar-refractivity contribution in [2.45, 2.75) is 178 Å². The summed E-state index contributed by atoms with van der Waals surface area (Å²) in [5.41, 5.74) is 11.2. The zero-order valence-corrected chi connectivity index (χ0v) is 67.4. The van der Waals surface area contributed by atoms with Crippen molar-refractivity contribution >= 4 is 0 Å². The summed E-state index contributed by atoms with van der Waals surface area (Å²) in [6.07, 6.45) is -0.466. The average molecular weight is 1600 g/mol. The summed E-state index contributed by atoms with van der Waals surface area (Å²) in [5.74, 6) is 1.55. The lowest BCUT2D eigenvalue weighted by atomic mass is 9.80. The van der Waals surface area contributed by atoms with E-state index in [1.54, 1.807) is 0 Å². The second-order valence-corrected chi connectivity index (χ2v) is 30.8. The molecule has 15 rings (SSSR count). The first kappa shape index (κ1) is 83.6. The van der Waals surface area contributed by atoms with Gasteiger partial charge in [-0.25, -0.2) is 0 Å². The second-order valence-electron chi connectivity index (χ2n) is 30.8.